The molecular weight excluding hydrogens is 836 g/mol. The Labute approximate surface area is 346 Å². The molecule has 2 saturated carbocycles. The molecule has 3 fully saturated rings. The van der Waals surface area contributed by atoms with Crippen LogP contribution in [0.25, 0.3) is 0 Å². The summed E-state index contributed by atoms with van der Waals surface area (Å²) in [6.07, 6.45) is -14.8. The molecule has 1 heterocycles. The Bertz CT molecular complexity index is 1680. The van der Waals surface area contributed by atoms with Crippen LogP contribution >= 0.6 is 21.6 Å². The van der Waals surface area contributed by atoms with Crippen LogP contribution in [-0.4, -0.2) is 99.6 Å². The lowest BCUT2D eigenvalue weighted by Gasteiger charge is -2.50. The van der Waals surface area contributed by atoms with Crippen molar-refractivity contribution in [1.29, 1.82) is 0 Å². The SMILES string of the molecule is BCCN(C(=O)Oc1ccc(OCCOc2ccc3c(c2)CC[C@@H]2[C@@H]3CC[C@]3(C)[C@@H](OCCCOC(C(F)(F)F)(C(F)(F)F)C(F)(F)F)CC[C@@H]23)cc1)C1CCSSC1. The van der Waals surface area contributed by atoms with Gasteiger partial charge < -0.3 is 28.6 Å². The van der Waals surface area contributed by atoms with Crippen LogP contribution in [0.3, 0.4) is 0 Å². The maximum atomic E-state index is 13.2. The van der Waals surface area contributed by atoms with Gasteiger partial charge in [-0.15, -0.1) is 0 Å². The second kappa shape index (κ2) is 18.8. The molecule has 4 aliphatic rings. The first-order valence-corrected chi connectivity index (χ1v) is 22.6. The summed E-state index contributed by atoms with van der Waals surface area (Å²) in [5.41, 5.74) is -4.07. The van der Waals surface area contributed by atoms with Crippen molar-refractivity contribution in [2.45, 2.75) is 107 Å². The van der Waals surface area contributed by atoms with E-state index in [2.05, 4.69) is 23.8 Å². The average Bonchev–Trinajstić information content (AvgIpc) is 3.52. The van der Waals surface area contributed by atoms with E-state index in [1.807, 2.05) is 29.6 Å². The maximum Gasteiger partial charge on any atom is 0.435 e. The summed E-state index contributed by atoms with van der Waals surface area (Å²) < 4.78 is 146. The molecule has 0 bridgehead atoms. The zero-order chi connectivity index (χ0) is 42.6. The van der Waals surface area contributed by atoms with E-state index in [9.17, 15) is 44.3 Å². The number of amides is 1. The molecule has 3 aliphatic carbocycles. The molecule has 1 saturated heterocycles. The third-order valence-electron chi connectivity index (χ3n) is 12.4. The van der Waals surface area contributed by atoms with Crippen LogP contribution in [0.5, 0.6) is 17.2 Å². The van der Waals surface area contributed by atoms with Gasteiger partial charge in [-0.3, -0.25) is 0 Å². The predicted octanol–water partition coefficient (Wildman–Crippen LogP) is 10.2. The van der Waals surface area contributed by atoms with Crippen molar-refractivity contribution in [3.05, 3.63) is 53.6 Å². The molecule has 328 valence electrons. The van der Waals surface area contributed by atoms with E-state index in [0.717, 1.165) is 62.1 Å². The predicted molar refractivity (Wildman–Crippen MR) is 209 cm³/mol. The standard InChI is InChI=1S/C40H49BF9NO6S2/c1-36-15-13-31-30-10-8-29(54-21-20-53-27-4-6-28(7-5-27)57-35(52)51(17-16-41)26-14-22-58-59-24-26)23-25(30)3-9-32(31)33(36)11-12-34(36)55-18-2-19-56-37(38(42,43)44,39(45,46)47)40(48,49)50/h4-8,10,23,26,31-34H,2-3,9,11-22,24,41H2,1H3/t26?,31-,32-,33+,34+,36+/m1/s1. The Kier molecular flexibility index (Phi) is 14.6. The molecular formula is C40H49BF9NO6S2. The molecule has 59 heavy (non-hydrogen) atoms. The number of hydrogen-bond donors (Lipinski definition) is 0. The summed E-state index contributed by atoms with van der Waals surface area (Å²) in [5, 5.41) is 0. The molecule has 1 aliphatic heterocycles. The third kappa shape index (κ3) is 9.87. The van der Waals surface area contributed by atoms with Gasteiger partial charge in [-0.05, 0) is 122 Å². The Morgan fingerprint density at radius 1 is 0.814 bits per heavy atom. The molecule has 2 aromatic rings. The lowest BCUT2D eigenvalue weighted by molar-refractivity contribution is -0.457. The first-order valence-electron chi connectivity index (χ1n) is 20.1. The largest absolute Gasteiger partial charge is 0.490 e. The van der Waals surface area contributed by atoms with Gasteiger partial charge in [-0.2, -0.15) is 39.5 Å². The van der Waals surface area contributed by atoms with Gasteiger partial charge in [0.05, 0.1) is 12.7 Å². The number of nitrogens with zero attached hydrogens (tertiary/aromatic N) is 1. The molecule has 6 atom stereocenters. The van der Waals surface area contributed by atoms with Crippen LogP contribution in [0.4, 0.5) is 44.3 Å². The maximum absolute atomic E-state index is 13.2. The molecule has 0 aromatic heterocycles. The minimum absolute atomic E-state index is 0.170. The quantitative estimate of drug-likeness (QED) is 0.0759. The summed E-state index contributed by atoms with van der Waals surface area (Å²) in [4.78, 5) is 14.8. The lowest BCUT2D eigenvalue weighted by Crippen LogP contribution is -2.67. The number of rotatable bonds is 15. The number of benzene rings is 2. The summed E-state index contributed by atoms with van der Waals surface area (Å²) in [7, 11) is 5.66. The molecule has 2 aromatic carbocycles. The van der Waals surface area contributed by atoms with Gasteiger partial charge in [0.2, 0.25) is 0 Å². The van der Waals surface area contributed by atoms with Gasteiger partial charge in [0.25, 0.3) is 0 Å². The van der Waals surface area contributed by atoms with Gasteiger partial charge in [0, 0.05) is 30.7 Å². The zero-order valence-electron chi connectivity index (χ0n) is 32.9. The van der Waals surface area contributed by atoms with E-state index < -0.39 is 37.2 Å². The summed E-state index contributed by atoms with van der Waals surface area (Å²) in [6, 6.07) is 13.3. The Morgan fingerprint density at radius 2 is 1.47 bits per heavy atom. The van der Waals surface area contributed by atoms with E-state index in [4.69, 9.17) is 18.9 Å². The van der Waals surface area contributed by atoms with Crippen LogP contribution < -0.4 is 14.2 Å². The highest BCUT2D eigenvalue weighted by molar-refractivity contribution is 8.76. The first kappa shape index (κ1) is 45.9. The fourth-order valence-electron chi connectivity index (χ4n) is 9.56. The fraction of sp³-hybridized carbons (Fsp3) is 0.675. The minimum atomic E-state index is -6.75. The van der Waals surface area contributed by atoms with Crippen molar-refractivity contribution in [2.24, 2.45) is 17.3 Å². The molecule has 0 N–H and O–H groups in total. The van der Waals surface area contributed by atoms with Crippen LogP contribution in [0.2, 0.25) is 6.32 Å². The summed E-state index contributed by atoms with van der Waals surface area (Å²) in [5.74, 6) is 4.63. The number of halogens is 9. The second-order valence-electron chi connectivity index (χ2n) is 15.9. The summed E-state index contributed by atoms with van der Waals surface area (Å²) >= 11 is 0. The normalized spacial score (nSPS) is 26.0. The molecule has 0 radical (unpaired) electrons. The Balaban J connectivity index is 0.949. The van der Waals surface area contributed by atoms with E-state index in [1.165, 1.54) is 11.1 Å². The number of alkyl halides is 9. The second-order valence-corrected chi connectivity index (χ2v) is 18.5. The number of hydrogen-bond acceptors (Lipinski definition) is 8. The van der Waals surface area contributed by atoms with E-state index in [1.54, 1.807) is 35.1 Å². The fourth-order valence-corrected chi connectivity index (χ4v) is 12.0. The number of aryl methyl sites for hydroxylation is 1. The molecule has 0 spiro atoms. The number of fused-ring (bicyclic) bond motifs is 5. The van der Waals surface area contributed by atoms with Gasteiger partial charge in [-0.1, -0.05) is 40.9 Å². The Hall–Kier alpha value is -2.64. The van der Waals surface area contributed by atoms with Crippen molar-refractivity contribution in [1.82, 2.24) is 4.90 Å². The molecule has 7 nitrogen and oxygen atoms in total. The van der Waals surface area contributed by atoms with E-state index in [-0.39, 0.29) is 36.2 Å². The molecule has 1 unspecified atom stereocenters. The van der Waals surface area contributed by atoms with Crippen LogP contribution in [0, 0.1) is 17.3 Å². The summed E-state index contributed by atoms with van der Waals surface area (Å²) in [6.45, 7) is 1.59. The van der Waals surface area contributed by atoms with Gasteiger partial charge in [0.15, 0.2) is 0 Å². The Morgan fingerprint density at radius 3 is 2.12 bits per heavy atom. The van der Waals surface area contributed by atoms with Crippen LogP contribution in [0.15, 0.2) is 42.5 Å². The van der Waals surface area contributed by atoms with Gasteiger partial charge in [-0.25, -0.2) is 4.79 Å². The minimum Gasteiger partial charge on any atom is -0.490 e. The average molecular weight is 886 g/mol. The highest BCUT2D eigenvalue weighted by atomic mass is 33.1. The third-order valence-corrected chi connectivity index (χ3v) is 14.9. The highest BCUT2D eigenvalue weighted by Gasteiger charge is 2.85. The molecule has 6 rings (SSSR count). The molecule has 19 heteroatoms. The van der Waals surface area contributed by atoms with Crippen molar-refractivity contribution in [3.8, 4) is 17.2 Å². The smallest absolute Gasteiger partial charge is 0.435 e. The van der Waals surface area contributed by atoms with E-state index in [0.29, 0.717) is 49.5 Å². The number of carbonyl (C=O) groups excluding carboxylic acids is 1. The highest BCUT2D eigenvalue weighted by Crippen LogP contribution is 2.62. The first-order chi connectivity index (χ1) is 27.9. The lowest BCUT2D eigenvalue weighted by atomic mass is 9.55. The van der Waals surface area contributed by atoms with Crippen LogP contribution in [-0.2, 0) is 15.9 Å². The van der Waals surface area contributed by atoms with Gasteiger partial charge >= 0.3 is 30.2 Å². The number of carbonyl (C=O) groups is 1. The topological polar surface area (TPSA) is 66.5 Å². The zero-order valence-corrected chi connectivity index (χ0v) is 34.5. The van der Waals surface area contributed by atoms with Crippen molar-refractivity contribution in [2.75, 3.05) is 44.5 Å². The monoisotopic (exact) mass is 885 g/mol. The van der Waals surface area contributed by atoms with Crippen molar-refractivity contribution in [3.63, 3.8) is 0 Å². The van der Waals surface area contributed by atoms with Crippen molar-refractivity contribution < 1.29 is 68.0 Å². The van der Waals surface area contributed by atoms with E-state index >= 15 is 0 Å². The van der Waals surface area contributed by atoms with Crippen LogP contribution in [0.1, 0.15) is 68.9 Å². The molecule has 1 amide bonds. The van der Waals surface area contributed by atoms with Crippen molar-refractivity contribution >= 4 is 35.5 Å². The van der Waals surface area contributed by atoms with Gasteiger partial charge in [0.1, 0.15) is 38.3 Å². The number of ether oxygens (including phenoxy) is 5.